The molecule has 0 radical (unpaired) electrons. The molecule has 0 aliphatic heterocycles. The minimum atomic E-state index is -0.0305. The van der Waals surface area contributed by atoms with Gasteiger partial charge in [-0.15, -0.1) is 21.5 Å². The van der Waals surface area contributed by atoms with Crippen LogP contribution in [0.1, 0.15) is 37.4 Å². The number of nitrogens with one attached hydrogen (secondary N) is 3. The number of carbonyl (C=O) groups excluding carboxylic acids is 1. The van der Waals surface area contributed by atoms with Crippen LogP contribution in [0.15, 0.2) is 10.5 Å². The van der Waals surface area contributed by atoms with Crippen molar-refractivity contribution in [2.75, 3.05) is 36.0 Å². The number of anilines is 2. The van der Waals surface area contributed by atoms with E-state index in [4.69, 9.17) is 0 Å². The molecule has 162 valence electrons. The second-order valence-corrected chi connectivity index (χ2v) is 8.41. The molecule has 3 N–H and O–H groups in total. The summed E-state index contributed by atoms with van der Waals surface area (Å²) in [7, 11) is 0. The van der Waals surface area contributed by atoms with Crippen molar-refractivity contribution in [1.82, 2.24) is 34.9 Å². The number of aromatic nitrogens is 6. The highest BCUT2D eigenvalue weighted by molar-refractivity contribution is 7.99. The van der Waals surface area contributed by atoms with Crippen molar-refractivity contribution in [3.63, 3.8) is 0 Å². The lowest BCUT2D eigenvalue weighted by Crippen LogP contribution is -2.26. The van der Waals surface area contributed by atoms with E-state index >= 15 is 0 Å². The van der Waals surface area contributed by atoms with Crippen molar-refractivity contribution in [2.24, 2.45) is 0 Å². The summed E-state index contributed by atoms with van der Waals surface area (Å²) in [6.45, 7) is 8.03. The molecule has 0 fully saturated rings. The zero-order valence-electron chi connectivity index (χ0n) is 17.4. The fourth-order valence-corrected chi connectivity index (χ4v) is 4.30. The normalized spacial score (nSPS) is 11.0. The van der Waals surface area contributed by atoms with Crippen molar-refractivity contribution in [3.05, 3.63) is 16.1 Å². The molecule has 3 aromatic heterocycles. The van der Waals surface area contributed by atoms with Crippen LogP contribution in [0.2, 0.25) is 0 Å². The van der Waals surface area contributed by atoms with Crippen LogP contribution in [-0.2, 0) is 11.2 Å². The molecule has 0 saturated heterocycles. The maximum Gasteiger partial charge on any atom is 0.261 e. The molecular weight excluding hydrogens is 422 g/mol. The lowest BCUT2D eigenvalue weighted by molar-refractivity contribution is -0.118. The van der Waals surface area contributed by atoms with Crippen molar-refractivity contribution in [2.45, 2.75) is 45.2 Å². The molecule has 1 amide bonds. The van der Waals surface area contributed by atoms with E-state index in [1.165, 1.54) is 11.8 Å². The van der Waals surface area contributed by atoms with Gasteiger partial charge in [-0.2, -0.15) is 9.97 Å². The van der Waals surface area contributed by atoms with E-state index in [2.05, 4.69) is 46.5 Å². The first-order valence-corrected chi connectivity index (χ1v) is 11.9. The standard InChI is InChI=1S/C18H27N9OS2/c1-4-19-15-23-16(20-5-2)27-17(24-15)25-26-18(27)30-11-13(28)21-9-7-6-8-14-22-12(3)10-29-14/h10H,4-9,11H2,1-3H3,(H,21,28)(H2,19,20,23,24,25). The highest BCUT2D eigenvalue weighted by Gasteiger charge is 2.15. The summed E-state index contributed by atoms with van der Waals surface area (Å²) in [6, 6.07) is 0. The van der Waals surface area contributed by atoms with E-state index in [0.29, 0.717) is 42.5 Å². The zero-order valence-corrected chi connectivity index (χ0v) is 19.1. The van der Waals surface area contributed by atoms with E-state index in [-0.39, 0.29) is 11.7 Å². The molecule has 0 bridgehead atoms. The van der Waals surface area contributed by atoms with E-state index in [1.54, 1.807) is 15.7 Å². The Morgan fingerprint density at radius 1 is 1.13 bits per heavy atom. The Bertz CT molecular complexity index is 972. The summed E-state index contributed by atoms with van der Waals surface area (Å²) in [5.74, 6) is 1.76. The van der Waals surface area contributed by atoms with Crippen LogP contribution in [0, 0.1) is 6.92 Å². The molecule has 3 rings (SSSR count). The molecule has 0 aliphatic carbocycles. The Hall–Kier alpha value is -2.47. The van der Waals surface area contributed by atoms with Gasteiger partial charge < -0.3 is 16.0 Å². The number of unbranched alkanes of at least 4 members (excludes halogenated alkanes) is 1. The van der Waals surface area contributed by atoms with Gasteiger partial charge in [-0.1, -0.05) is 11.8 Å². The molecule has 12 heteroatoms. The van der Waals surface area contributed by atoms with Gasteiger partial charge in [0.2, 0.25) is 17.8 Å². The molecule has 3 heterocycles. The molecule has 0 spiro atoms. The molecular formula is C18H27N9OS2. The number of nitrogens with zero attached hydrogens (tertiary/aromatic N) is 6. The SMILES string of the molecule is CCNc1nc(NCC)n2c(SCC(=O)NCCCCc3nc(C)cs3)nnc2n1. The average Bonchev–Trinajstić information content (AvgIpc) is 3.32. The van der Waals surface area contributed by atoms with Crippen LogP contribution in [0.4, 0.5) is 11.9 Å². The number of hydrogen-bond donors (Lipinski definition) is 3. The smallest absolute Gasteiger partial charge is 0.261 e. The second-order valence-electron chi connectivity index (χ2n) is 6.53. The molecule has 0 saturated carbocycles. The monoisotopic (exact) mass is 449 g/mol. The first-order chi connectivity index (χ1) is 14.6. The Morgan fingerprint density at radius 2 is 1.97 bits per heavy atom. The number of hydrogen-bond acceptors (Lipinski definition) is 10. The number of aryl methyl sites for hydroxylation is 2. The number of carbonyl (C=O) groups is 1. The van der Waals surface area contributed by atoms with Crippen molar-refractivity contribution in [3.8, 4) is 0 Å². The molecule has 10 nitrogen and oxygen atoms in total. The number of thioether (sulfide) groups is 1. The van der Waals surface area contributed by atoms with E-state index < -0.39 is 0 Å². The summed E-state index contributed by atoms with van der Waals surface area (Å²) in [4.78, 5) is 25.5. The van der Waals surface area contributed by atoms with Gasteiger partial charge in [0.05, 0.1) is 10.8 Å². The maximum atomic E-state index is 12.2. The largest absolute Gasteiger partial charge is 0.355 e. The van der Waals surface area contributed by atoms with Crippen molar-refractivity contribution < 1.29 is 4.79 Å². The van der Waals surface area contributed by atoms with Gasteiger partial charge in [-0.3, -0.25) is 4.79 Å². The van der Waals surface area contributed by atoms with E-state index in [1.807, 2.05) is 20.8 Å². The summed E-state index contributed by atoms with van der Waals surface area (Å²) in [5.41, 5.74) is 1.07. The Kier molecular flexibility index (Phi) is 8.20. The molecule has 3 aromatic rings. The molecule has 0 unspecified atom stereocenters. The van der Waals surface area contributed by atoms with Crippen molar-refractivity contribution >= 4 is 46.7 Å². The van der Waals surface area contributed by atoms with Gasteiger partial charge >= 0.3 is 0 Å². The number of rotatable bonds is 12. The van der Waals surface area contributed by atoms with Crippen molar-refractivity contribution in [1.29, 1.82) is 0 Å². The molecule has 0 atom stereocenters. The minimum absolute atomic E-state index is 0.0305. The first-order valence-electron chi connectivity index (χ1n) is 10.0. The third kappa shape index (κ3) is 6.02. The van der Waals surface area contributed by atoms with Gasteiger partial charge in [-0.05, 0) is 40.0 Å². The highest BCUT2D eigenvalue weighted by Crippen LogP contribution is 2.20. The summed E-state index contributed by atoms with van der Waals surface area (Å²) in [5, 5.41) is 21.3. The lowest BCUT2D eigenvalue weighted by Gasteiger charge is -2.09. The van der Waals surface area contributed by atoms with Crippen LogP contribution >= 0.6 is 23.1 Å². The fraction of sp³-hybridized carbons (Fsp3) is 0.556. The third-order valence-electron chi connectivity index (χ3n) is 4.05. The fourth-order valence-electron chi connectivity index (χ4n) is 2.73. The highest BCUT2D eigenvalue weighted by atomic mass is 32.2. The van der Waals surface area contributed by atoms with Crippen LogP contribution in [-0.4, -0.2) is 60.8 Å². The predicted molar refractivity (Wildman–Crippen MR) is 120 cm³/mol. The van der Waals surface area contributed by atoms with Gasteiger partial charge in [0, 0.05) is 30.7 Å². The lowest BCUT2D eigenvalue weighted by atomic mass is 10.2. The van der Waals surface area contributed by atoms with Gasteiger partial charge in [-0.25, -0.2) is 9.38 Å². The van der Waals surface area contributed by atoms with Crippen LogP contribution in [0.3, 0.4) is 0 Å². The van der Waals surface area contributed by atoms with Crippen LogP contribution in [0.5, 0.6) is 0 Å². The summed E-state index contributed by atoms with van der Waals surface area (Å²) in [6.07, 6.45) is 2.89. The topological polar surface area (TPSA) is 122 Å². The molecule has 0 aromatic carbocycles. The Balaban J connectivity index is 1.49. The minimum Gasteiger partial charge on any atom is -0.355 e. The quantitative estimate of drug-likeness (QED) is 0.282. The first kappa shape index (κ1) is 22.2. The Morgan fingerprint density at radius 3 is 2.70 bits per heavy atom. The number of thiazole rings is 1. The maximum absolute atomic E-state index is 12.2. The zero-order chi connectivity index (χ0) is 21.3. The van der Waals surface area contributed by atoms with E-state index in [0.717, 1.165) is 30.0 Å². The number of amides is 1. The second kappa shape index (κ2) is 11.1. The number of fused-ring (bicyclic) bond motifs is 1. The Labute approximate surface area is 183 Å². The summed E-state index contributed by atoms with van der Waals surface area (Å²) >= 11 is 3.01. The van der Waals surface area contributed by atoms with Gasteiger partial charge in [0.15, 0.2) is 5.16 Å². The third-order valence-corrected chi connectivity index (χ3v) is 6.01. The predicted octanol–water partition coefficient (Wildman–Crippen LogP) is 2.38. The van der Waals surface area contributed by atoms with Crippen LogP contribution < -0.4 is 16.0 Å². The van der Waals surface area contributed by atoms with Crippen LogP contribution in [0.25, 0.3) is 5.78 Å². The van der Waals surface area contributed by atoms with Gasteiger partial charge in [0.25, 0.3) is 5.78 Å². The summed E-state index contributed by atoms with van der Waals surface area (Å²) < 4.78 is 1.73. The molecule has 30 heavy (non-hydrogen) atoms. The average molecular weight is 450 g/mol. The van der Waals surface area contributed by atoms with E-state index in [9.17, 15) is 4.79 Å². The molecule has 0 aliphatic rings. The van der Waals surface area contributed by atoms with Gasteiger partial charge in [0.1, 0.15) is 0 Å².